The maximum atomic E-state index is 12.5. The summed E-state index contributed by atoms with van der Waals surface area (Å²) in [6, 6.07) is 0.0816. The number of Topliss-reactive ketones (excluding diaryl/α,β-unsaturated/α-hetero) is 1. The molecule has 138 valence electrons. The predicted octanol–water partition coefficient (Wildman–Crippen LogP) is 5.34. The molecule has 0 bridgehead atoms. The number of carbonyl (C=O) groups excluding carboxylic acids is 2. The molecule has 0 saturated carbocycles. The Hall–Kier alpha value is -1.58. The van der Waals surface area contributed by atoms with Gasteiger partial charge < -0.3 is 9.64 Å². The highest BCUT2D eigenvalue weighted by atomic mass is 16.6. The molecular formula is C20H35NO3. The molecule has 0 radical (unpaired) electrons. The van der Waals surface area contributed by atoms with Gasteiger partial charge in [-0.15, -0.1) is 0 Å². The summed E-state index contributed by atoms with van der Waals surface area (Å²) in [7, 11) is 0. The molecule has 0 aliphatic rings. The van der Waals surface area contributed by atoms with Crippen LogP contribution in [-0.2, 0) is 9.53 Å². The van der Waals surface area contributed by atoms with Crippen LogP contribution >= 0.6 is 0 Å². The van der Waals surface area contributed by atoms with E-state index in [1.807, 2.05) is 69.2 Å². The molecule has 4 heteroatoms. The van der Waals surface area contributed by atoms with Crippen molar-refractivity contribution in [3.8, 4) is 0 Å². The summed E-state index contributed by atoms with van der Waals surface area (Å²) in [6.07, 6.45) is 3.14. The van der Waals surface area contributed by atoms with Crippen LogP contribution in [0.4, 0.5) is 4.79 Å². The van der Waals surface area contributed by atoms with Crippen molar-refractivity contribution in [1.82, 2.24) is 4.90 Å². The Morgan fingerprint density at radius 3 is 1.75 bits per heavy atom. The molecule has 0 N–H and O–H groups in total. The molecule has 1 amide bonds. The number of nitrogens with zero attached hydrogens (tertiary/aromatic N) is 1. The van der Waals surface area contributed by atoms with Crippen molar-refractivity contribution in [2.24, 2.45) is 11.3 Å². The second-order valence-corrected chi connectivity index (χ2v) is 8.16. The number of ether oxygens (including phenoxy) is 1. The minimum atomic E-state index is -0.433. The molecule has 0 fully saturated rings. The molecule has 0 aliphatic carbocycles. The van der Waals surface area contributed by atoms with E-state index < -0.39 is 5.41 Å². The molecule has 0 aliphatic heterocycles. The lowest BCUT2D eigenvalue weighted by molar-refractivity contribution is -0.128. The molecule has 0 aromatic rings. The maximum Gasteiger partial charge on any atom is 0.415 e. The summed E-state index contributed by atoms with van der Waals surface area (Å²) < 4.78 is 5.60. The van der Waals surface area contributed by atoms with Gasteiger partial charge in [-0.2, -0.15) is 0 Å². The van der Waals surface area contributed by atoms with E-state index in [9.17, 15) is 9.59 Å². The molecule has 24 heavy (non-hydrogen) atoms. The van der Waals surface area contributed by atoms with Crippen LogP contribution in [0.2, 0.25) is 0 Å². The third kappa shape index (κ3) is 7.33. The van der Waals surface area contributed by atoms with Gasteiger partial charge in [0.25, 0.3) is 0 Å². The highest BCUT2D eigenvalue weighted by Gasteiger charge is 2.27. The van der Waals surface area contributed by atoms with Crippen LogP contribution in [0.1, 0.15) is 69.2 Å². The first-order valence-corrected chi connectivity index (χ1v) is 8.68. The van der Waals surface area contributed by atoms with Gasteiger partial charge in [0, 0.05) is 23.4 Å². The van der Waals surface area contributed by atoms with Crippen LogP contribution in [0.25, 0.3) is 0 Å². The van der Waals surface area contributed by atoms with Crippen molar-refractivity contribution in [2.75, 3.05) is 0 Å². The number of rotatable bonds is 6. The first-order chi connectivity index (χ1) is 10.8. The van der Waals surface area contributed by atoms with E-state index in [2.05, 4.69) is 0 Å². The lowest BCUT2D eigenvalue weighted by Gasteiger charge is -2.30. The monoisotopic (exact) mass is 337 g/mol. The topological polar surface area (TPSA) is 46.6 Å². The summed E-state index contributed by atoms with van der Waals surface area (Å²) in [4.78, 5) is 26.6. The Labute approximate surface area is 147 Å². The number of ketones is 1. The third-order valence-electron chi connectivity index (χ3n) is 3.53. The highest BCUT2D eigenvalue weighted by Crippen LogP contribution is 2.23. The number of hydrogen-bond donors (Lipinski definition) is 0. The highest BCUT2D eigenvalue weighted by molar-refractivity contribution is 5.87. The standard InChI is InChI=1S/C20H35NO3/c1-13(2)11-17(12-16(7)18(22)20(8,9)10)24-19(23)21(14(3)4)15(5)6/h11-12,14-16H,1-10H3/b17-12-/t16-/m0/s1. The Bertz CT molecular complexity index is 495. The molecule has 1 atom stereocenters. The van der Waals surface area contributed by atoms with Crippen LogP contribution in [0.15, 0.2) is 23.5 Å². The van der Waals surface area contributed by atoms with E-state index in [4.69, 9.17) is 4.74 Å². The fourth-order valence-corrected chi connectivity index (χ4v) is 2.57. The van der Waals surface area contributed by atoms with Gasteiger partial charge >= 0.3 is 6.09 Å². The number of amides is 1. The zero-order valence-electron chi connectivity index (χ0n) is 17.1. The van der Waals surface area contributed by atoms with Crippen LogP contribution in [0.5, 0.6) is 0 Å². The Morgan fingerprint density at radius 2 is 1.42 bits per heavy atom. The Balaban J connectivity index is 5.51. The van der Waals surface area contributed by atoms with Crippen molar-refractivity contribution >= 4 is 11.9 Å². The minimum Gasteiger partial charge on any atom is -0.411 e. The second-order valence-electron chi connectivity index (χ2n) is 8.16. The first-order valence-electron chi connectivity index (χ1n) is 8.68. The van der Waals surface area contributed by atoms with Gasteiger partial charge in [-0.1, -0.05) is 33.3 Å². The van der Waals surface area contributed by atoms with Gasteiger partial charge in [0.05, 0.1) is 0 Å². The van der Waals surface area contributed by atoms with E-state index in [1.54, 1.807) is 17.1 Å². The van der Waals surface area contributed by atoms with Gasteiger partial charge in [0.2, 0.25) is 0 Å². The second kappa shape index (κ2) is 9.05. The SMILES string of the molecule is CC(C)=C/C(=C/[C@H](C)C(=O)C(C)(C)C)OC(=O)N(C(C)C)C(C)C. The number of allylic oxidation sites excluding steroid dienone is 3. The van der Waals surface area contributed by atoms with Crippen LogP contribution < -0.4 is 0 Å². The molecule has 0 aromatic carbocycles. The smallest absolute Gasteiger partial charge is 0.411 e. The molecular weight excluding hydrogens is 302 g/mol. The summed E-state index contributed by atoms with van der Waals surface area (Å²) in [6.45, 7) is 19.2. The zero-order valence-corrected chi connectivity index (χ0v) is 17.1. The summed E-state index contributed by atoms with van der Waals surface area (Å²) in [5, 5.41) is 0. The lowest BCUT2D eigenvalue weighted by atomic mass is 9.83. The van der Waals surface area contributed by atoms with E-state index >= 15 is 0 Å². The van der Waals surface area contributed by atoms with Crippen LogP contribution in [0.3, 0.4) is 0 Å². The van der Waals surface area contributed by atoms with E-state index in [-0.39, 0.29) is 29.9 Å². The van der Waals surface area contributed by atoms with Gasteiger partial charge in [-0.3, -0.25) is 4.79 Å². The van der Waals surface area contributed by atoms with Crippen molar-refractivity contribution < 1.29 is 14.3 Å². The van der Waals surface area contributed by atoms with Gasteiger partial charge in [-0.05, 0) is 53.7 Å². The fourth-order valence-electron chi connectivity index (χ4n) is 2.57. The molecule has 0 aromatic heterocycles. The van der Waals surface area contributed by atoms with E-state index in [0.717, 1.165) is 5.57 Å². The van der Waals surface area contributed by atoms with E-state index in [1.165, 1.54) is 0 Å². The van der Waals surface area contributed by atoms with Crippen LogP contribution in [-0.4, -0.2) is 28.9 Å². The molecule has 0 spiro atoms. The van der Waals surface area contributed by atoms with Crippen molar-refractivity contribution in [3.63, 3.8) is 0 Å². The molecule has 0 unspecified atom stereocenters. The van der Waals surface area contributed by atoms with Gasteiger partial charge in [0.15, 0.2) is 0 Å². The quantitative estimate of drug-likeness (QED) is 0.485. The molecule has 0 heterocycles. The van der Waals surface area contributed by atoms with E-state index in [0.29, 0.717) is 5.76 Å². The summed E-state index contributed by atoms with van der Waals surface area (Å²) in [5.74, 6) is 0.217. The maximum absolute atomic E-state index is 12.5. The summed E-state index contributed by atoms with van der Waals surface area (Å²) in [5.41, 5.74) is 0.572. The average Bonchev–Trinajstić information content (AvgIpc) is 2.34. The largest absolute Gasteiger partial charge is 0.415 e. The van der Waals surface area contributed by atoms with Crippen molar-refractivity contribution in [3.05, 3.63) is 23.5 Å². The first kappa shape index (κ1) is 22.4. The van der Waals surface area contributed by atoms with Crippen LogP contribution in [0, 0.1) is 11.3 Å². The minimum absolute atomic E-state index is 0.0408. The number of hydrogen-bond acceptors (Lipinski definition) is 3. The van der Waals surface area contributed by atoms with Crippen molar-refractivity contribution in [2.45, 2.75) is 81.3 Å². The fraction of sp³-hybridized carbons (Fsp3) is 0.700. The molecule has 0 saturated heterocycles. The Morgan fingerprint density at radius 1 is 0.958 bits per heavy atom. The van der Waals surface area contributed by atoms with Gasteiger partial charge in [-0.25, -0.2) is 4.79 Å². The molecule has 4 nitrogen and oxygen atoms in total. The Kier molecular flexibility index (Phi) is 8.45. The zero-order chi connectivity index (χ0) is 19.2. The van der Waals surface area contributed by atoms with Crippen molar-refractivity contribution in [1.29, 1.82) is 0 Å². The third-order valence-corrected chi connectivity index (χ3v) is 3.53. The average molecular weight is 338 g/mol. The normalized spacial score (nSPS) is 13.8. The lowest BCUT2D eigenvalue weighted by Crippen LogP contribution is -2.42. The summed E-state index contributed by atoms with van der Waals surface area (Å²) >= 11 is 0. The van der Waals surface area contributed by atoms with Gasteiger partial charge in [0.1, 0.15) is 11.5 Å². The number of carbonyl (C=O) groups is 2. The molecule has 0 rings (SSSR count). The predicted molar refractivity (Wildman–Crippen MR) is 99.7 cm³/mol.